The Morgan fingerprint density at radius 1 is 0.571 bits per heavy atom. The topological polar surface area (TPSA) is 341 Å². The Kier molecular flexibility index (Phi) is 19.9. The van der Waals surface area contributed by atoms with Gasteiger partial charge < -0.3 is 60.5 Å². The average Bonchev–Trinajstić information content (AvgIpc) is 3.92. The molecule has 6 rings (SSSR count). The van der Waals surface area contributed by atoms with E-state index in [4.69, 9.17) is 25.8 Å². The third kappa shape index (κ3) is 20.3. The monoisotopic (exact) mass is 1000 g/mol. The molecule has 0 radical (unpaired) electrons. The lowest BCUT2D eigenvalue weighted by molar-refractivity contribution is -0.389. The predicted molar refractivity (Wildman–Crippen MR) is 250 cm³/mol. The zero-order chi connectivity index (χ0) is 52.7. The first-order valence-corrected chi connectivity index (χ1v) is 21.9. The van der Waals surface area contributed by atoms with Gasteiger partial charge in [-0.2, -0.15) is 0 Å². The van der Waals surface area contributed by atoms with Crippen molar-refractivity contribution in [1.82, 2.24) is 30.9 Å². The summed E-state index contributed by atoms with van der Waals surface area (Å²) in [7, 11) is 0. The number of carbonyl (C=O) groups is 6. The second-order valence-electron chi connectivity index (χ2n) is 18.5. The van der Waals surface area contributed by atoms with Crippen LogP contribution in [0.5, 0.6) is 0 Å². The second-order valence-corrected chi connectivity index (χ2v) is 18.9. The summed E-state index contributed by atoms with van der Waals surface area (Å²) >= 11 is 5.37. The lowest BCUT2D eigenvalue weighted by Crippen LogP contribution is -2.40. The van der Waals surface area contributed by atoms with Crippen LogP contribution in [0, 0.1) is 30.3 Å². The van der Waals surface area contributed by atoms with Gasteiger partial charge in [-0.15, -0.1) is 0 Å². The standard InChI is InChI=1S/2C14H18N4O5.C10H17NO3.C5H3ClN2O2/c2*1-14(2,3)23-13(20)15-9-7-12(19)17(8-9)10-5-4-6-11(16-10)18(21)22;1-10(2,3)14-9(13)11-7-4-5-8(12)6-7;6-4-2-1-3-5(7-4)8(9)10/h2*4-6,9H,7-8H2,1-3H3,(H,15,20);7H,4-6H2,1-3H3,(H,11,13);1-3H. The molecule has 3 fully saturated rings. The van der Waals surface area contributed by atoms with E-state index >= 15 is 0 Å². The van der Waals surface area contributed by atoms with Crippen molar-refractivity contribution in [3.8, 4) is 0 Å². The molecule has 26 nitrogen and oxygen atoms in total. The van der Waals surface area contributed by atoms with E-state index < -0.39 is 61.9 Å². The molecule has 2 saturated heterocycles. The van der Waals surface area contributed by atoms with Gasteiger partial charge in [0.1, 0.15) is 22.6 Å². The van der Waals surface area contributed by atoms with Crippen molar-refractivity contribution >= 4 is 76.6 Å². The normalized spacial score (nSPS) is 17.6. The molecule has 3 aromatic heterocycles. The van der Waals surface area contributed by atoms with Crippen LogP contribution in [0.25, 0.3) is 0 Å². The maximum absolute atomic E-state index is 12.1. The van der Waals surface area contributed by atoms with Crippen molar-refractivity contribution in [2.45, 2.75) is 129 Å². The van der Waals surface area contributed by atoms with Crippen LogP contribution in [0.4, 0.5) is 43.5 Å². The van der Waals surface area contributed by atoms with Crippen molar-refractivity contribution in [3.63, 3.8) is 0 Å². The molecule has 70 heavy (non-hydrogen) atoms. The van der Waals surface area contributed by atoms with Gasteiger partial charge in [-0.05, 0) is 128 Å². The van der Waals surface area contributed by atoms with Gasteiger partial charge in [0.15, 0.2) is 0 Å². The largest absolute Gasteiger partial charge is 0.444 e. The van der Waals surface area contributed by atoms with Gasteiger partial charge in [0, 0.05) is 68.1 Å². The molecule has 3 aromatic rings. The number of hydrogen-bond donors (Lipinski definition) is 3. The van der Waals surface area contributed by atoms with Gasteiger partial charge in [0.2, 0.25) is 28.6 Å². The minimum absolute atomic E-state index is 0.0302. The highest BCUT2D eigenvalue weighted by Gasteiger charge is 2.37. The first-order chi connectivity index (χ1) is 32.4. The number of hydrogen-bond acceptors (Lipinski definition) is 18. The Morgan fingerprint density at radius 2 is 0.914 bits per heavy atom. The van der Waals surface area contributed by atoms with Crippen LogP contribution in [0.1, 0.15) is 94.4 Å². The Labute approximate surface area is 406 Å². The Morgan fingerprint density at radius 3 is 1.21 bits per heavy atom. The summed E-state index contributed by atoms with van der Waals surface area (Å²) in [6, 6.07) is 11.8. The second kappa shape index (κ2) is 24.6. The van der Waals surface area contributed by atoms with Crippen LogP contribution < -0.4 is 25.8 Å². The zero-order valence-electron chi connectivity index (χ0n) is 40.0. The number of ether oxygens (including phenoxy) is 3. The number of Topliss-reactive ketones (excluding diaryl/α,β-unsaturated/α-hetero) is 1. The van der Waals surface area contributed by atoms with E-state index in [1.165, 1.54) is 64.4 Å². The molecule has 3 atom stereocenters. The van der Waals surface area contributed by atoms with E-state index in [0.29, 0.717) is 12.8 Å². The molecule has 2 aliphatic heterocycles. The summed E-state index contributed by atoms with van der Waals surface area (Å²) in [5, 5.41) is 39.6. The minimum atomic E-state index is -0.631. The number of anilines is 2. The van der Waals surface area contributed by atoms with Gasteiger partial charge in [0.05, 0.1) is 25.2 Å². The van der Waals surface area contributed by atoms with Crippen molar-refractivity contribution < 1.29 is 57.7 Å². The molecule has 0 bridgehead atoms. The van der Waals surface area contributed by atoms with E-state index in [2.05, 4.69) is 30.9 Å². The summed E-state index contributed by atoms with van der Waals surface area (Å²) in [4.78, 5) is 113. The lowest BCUT2D eigenvalue weighted by atomic mass is 10.2. The minimum Gasteiger partial charge on any atom is -0.444 e. The van der Waals surface area contributed by atoms with E-state index in [0.717, 1.165) is 6.42 Å². The Bertz CT molecular complexity index is 2310. The van der Waals surface area contributed by atoms with Crippen molar-refractivity contribution in [2.24, 2.45) is 0 Å². The van der Waals surface area contributed by atoms with Crippen LogP contribution in [0.15, 0.2) is 54.6 Å². The number of alkyl carbamates (subject to hydrolysis) is 3. The highest BCUT2D eigenvalue weighted by molar-refractivity contribution is 6.29. The molecular formula is C43H56ClN11O15. The number of amides is 5. The Hall–Kier alpha value is -7.64. The van der Waals surface area contributed by atoms with Gasteiger partial charge >= 0.3 is 35.7 Å². The maximum atomic E-state index is 12.1. The number of pyridine rings is 3. The highest BCUT2D eigenvalue weighted by Crippen LogP contribution is 2.24. The number of nitro groups is 3. The first kappa shape index (κ1) is 56.7. The summed E-state index contributed by atoms with van der Waals surface area (Å²) in [6.07, 6.45) is 0.274. The van der Waals surface area contributed by atoms with Crippen LogP contribution in [0.2, 0.25) is 5.15 Å². The number of rotatable bonds is 8. The van der Waals surface area contributed by atoms with Crippen LogP contribution >= 0.6 is 11.6 Å². The molecule has 5 amide bonds. The fourth-order valence-corrected chi connectivity index (χ4v) is 6.40. The van der Waals surface area contributed by atoms with Gasteiger partial charge in [-0.3, -0.25) is 24.2 Å². The fourth-order valence-electron chi connectivity index (χ4n) is 6.24. The number of carbonyl (C=O) groups excluding carboxylic acids is 6. The third-order valence-electron chi connectivity index (χ3n) is 8.91. The molecule has 5 heterocycles. The molecule has 1 saturated carbocycles. The molecule has 0 aromatic carbocycles. The highest BCUT2D eigenvalue weighted by atomic mass is 35.5. The summed E-state index contributed by atoms with van der Waals surface area (Å²) in [5.41, 5.74) is -1.74. The van der Waals surface area contributed by atoms with Crippen LogP contribution in [0.3, 0.4) is 0 Å². The quantitative estimate of drug-likeness (QED) is 0.0936. The van der Waals surface area contributed by atoms with Crippen molar-refractivity contribution in [2.75, 3.05) is 22.9 Å². The smallest absolute Gasteiger partial charge is 0.407 e. The Balaban J connectivity index is 0.000000259. The molecule has 27 heteroatoms. The molecule has 0 spiro atoms. The van der Waals surface area contributed by atoms with E-state index in [9.17, 15) is 59.1 Å². The van der Waals surface area contributed by atoms with E-state index in [1.54, 1.807) is 41.5 Å². The summed E-state index contributed by atoms with van der Waals surface area (Å²) in [6.45, 7) is 16.3. The van der Waals surface area contributed by atoms with Gasteiger partial charge in [-0.25, -0.2) is 14.4 Å². The molecule has 3 N–H and O–H groups in total. The average molecular weight is 1000 g/mol. The fraction of sp³-hybridized carbons (Fsp3) is 0.512. The molecule has 3 aliphatic rings. The van der Waals surface area contributed by atoms with Crippen molar-refractivity contribution in [3.05, 3.63) is 90.1 Å². The summed E-state index contributed by atoms with van der Waals surface area (Å²) in [5.74, 6) is -0.829. The van der Waals surface area contributed by atoms with Crippen LogP contribution in [-0.4, -0.2) is 114 Å². The predicted octanol–water partition coefficient (Wildman–Crippen LogP) is 6.52. The molecule has 1 aliphatic carbocycles. The van der Waals surface area contributed by atoms with E-state index in [1.807, 2.05) is 20.8 Å². The molecular weight excluding hydrogens is 946 g/mol. The number of aromatic nitrogens is 3. The lowest BCUT2D eigenvalue weighted by Gasteiger charge is -2.21. The maximum Gasteiger partial charge on any atom is 0.407 e. The van der Waals surface area contributed by atoms with Crippen molar-refractivity contribution in [1.29, 1.82) is 0 Å². The van der Waals surface area contributed by atoms with Gasteiger partial charge in [0.25, 0.3) is 0 Å². The molecule has 3 unspecified atom stereocenters. The molecule has 380 valence electrons. The SMILES string of the molecule is CC(C)(C)OC(=O)NC1CC(=O)N(c2cccc([N+](=O)[O-])n2)C1.CC(C)(C)OC(=O)NC1CC(=O)N(c2cccc([N+](=O)[O-])n2)C1.CC(C)(C)OC(=O)NC1CCC(=O)C1.O=[N+]([O-])c1cccc(Cl)n1. The first-order valence-electron chi connectivity index (χ1n) is 21.5. The number of nitrogens with zero attached hydrogens (tertiary/aromatic N) is 8. The number of ketones is 1. The zero-order valence-corrected chi connectivity index (χ0v) is 40.7. The third-order valence-corrected chi connectivity index (χ3v) is 9.12. The number of nitrogens with one attached hydrogen (secondary N) is 3. The number of halogens is 1. The van der Waals surface area contributed by atoms with Crippen LogP contribution in [-0.2, 0) is 28.6 Å². The summed E-state index contributed by atoms with van der Waals surface area (Å²) < 4.78 is 15.4. The van der Waals surface area contributed by atoms with Gasteiger partial charge in [-0.1, -0.05) is 0 Å². The van der Waals surface area contributed by atoms with E-state index in [-0.39, 0.29) is 83.8 Å².